The van der Waals surface area contributed by atoms with Crippen LogP contribution in [0.15, 0.2) is 35.9 Å². The molecule has 0 saturated carbocycles. The maximum absolute atomic E-state index is 11.9. The van der Waals surface area contributed by atoms with E-state index in [1.165, 1.54) is 24.3 Å². The smallest absolute Gasteiger partial charge is 0.478 e. The highest BCUT2D eigenvalue weighted by Gasteiger charge is 2.30. The van der Waals surface area contributed by atoms with Crippen LogP contribution in [0.2, 0.25) is 0 Å². The topological polar surface area (TPSA) is 58.6 Å². The summed E-state index contributed by atoms with van der Waals surface area (Å²) in [6, 6.07) is 5.17. The summed E-state index contributed by atoms with van der Waals surface area (Å²) in [5.74, 6) is -1.36. The Labute approximate surface area is 107 Å². The molecular weight excluding hydrogens is 263 g/mol. The first kappa shape index (κ1) is 14.9. The highest BCUT2D eigenvalue weighted by Crippen LogP contribution is 2.23. The molecule has 0 heterocycles. The number of carboxylic acid groups (broad SMARTS) is 1. The number of rotatable bonds is 5. The second-order valence-electron chi connectivity index (χ2n) is 3.75. The molecule has 0 amide bonds. The van der Waals surface area contributed by atoms with Gasteiger partial charge in [-0.05, 0) is 36.8 Å². The van der Waals surface area contributed by atoms with Crippen molar-refractivity contribution < 1.29 is 27.8 Å². The van der Waals surface area contributed by atoms with Crippen LogP contribution >= 0.6 is 0 Å². The Kier molecular flexibility index (Phi) is 4.80. The summed E-state index contributed by atoms with van der Waals surface area (Å²) in [4.78, 5) is 10.4. The number of carbonyl (C=O) groups is 1. The molecule has 19 heavy (non-hydrogen) atoms. The zero-order chi connectivity index (χ0) is 14.5. The fourth-order valence-corrected chi connectivity index (χ4v) is 1.28. The Morgan fingerprint density at radius 2 is 1.95 bits per heavy atom. The second-order valence-corrected chi connectivity index (χ2v) is 3.75. The molecule has 104 valence electrons. The maximum Gasteiger partial charge on any atom is 0.573 e. The van der Waals surface area contributed by atoms with Crippen LogP contribution in [0, 0.1) is 0 Å². The molecule has 0 bridgehead atoms. The summed E-state index contributed by atoms with van der Waals surface area (Å²) in [6.45, 7) is 1.91. The number of alkyl halides is 3. The van der Waals surface area contributed by atoms with Crippen LogP contribution in [0.5, 0.6) is 5.75 Å². The number of aliphatic carboxylic acids is 1. The first-order valence-electron chi connectivity index (χ1n) is 5.26. The fraction of sp³-hybridized carbons (Fsp3) is 0.250. The maximum atomic E-state index is 11.9. The minimum absolute atomic E-state index is 0.284. The summed E-state index contributed by atoms with van der Waals surface area (Å²) in [5, 5.41) is 11.4. The molecule has 0 aromatic heterocycles. The molecule has 4 nitrogen and oxygen atoms in total. The molecule has 2 N–H and O–H groups in total. The number of anilines is 1. The Bertz CT molecular complexity index is 466. The minimum Gasteiger partial charge on any atom is -0.478 e. The summed E-state index contributed by atoms with van der Waals surface area (Å²) >= 11 is 0. The largest absolute Gasteiger partial charge is 0.573 e. The minimum atomic E-state index is -4.71. The van der Waals surface area contributed by atoms with E-state index >= 15 is 0 Å². The van der Waals surface area contributed by atoms with Crippen LogP contribution in [-0.2, 0) is 4.79 Å². The van der Waals surface area contributed by atoms with E-state index in [1.807, 2.05) is 0 Å². The van der Waals surface area contributed by atoms with Crippen molar-refractivity contribution in [2.24, 2.45) is 0 Å². The van der Waals surface area contributed by atoms with Crippen molar-refractivity contribution in [3.63, 3.8) is 0 Å². The highest BCUT2D eigenvalue weighted by molar-refractivity contribution is 5.80. The first-order chi connectivity index (χ1) is 8.76. The molecule has 1 rings (SSSR count). The van der Waals surface area contributed by atoms with Gasteiger partial charge in [-0.15, -0.1) is 13.2 Å². The van der Waals surface area contributed by atoms with Crippen molar-refractivity contribution >= 4 is 11.7 Å². The van der Waals surface area contributed by atoms with Gasteiger partial charge in [0.2, 0.25) is 0 Å². The molecule has 7 heteroatoms. The molecule has 1 aromatic rings. The summed E-state index contributed by atoms with van der Waals surface area (Å²) < 4.78 is 39.5. The van der Waals surface area contributed by atoms with Crippen LogP contribution in [0.1, 0.15) is 6.92 Å². The SMILES string of the molecule is C/C(=C/C(=O)O)CNc1ccc(OC(F)(F)F)cc1. The van der Waals surface area contributed by atoms with Gasteiger partial charge in [-0.2, -0.15) is 0 Å². The predicted molar refractivity (Wildman–Crippen MR) is 63.0 cm³/mol. The summed E-state index contributed by atoms with van der Waals surface area (Å²) in [7, 11) is 0. The standard InChI is InChI=1S/C12H12F3NO3/c1-8(6-11(17)18)7-16-9-2-4-10(5-3-9)19-12(13,14)15/h2-6,16H,7H2,1H3,(H,17,18)/b8-6-. The van der Waals surface area contributed by atoms with Crippen molar-refractivity contribution in [1.82, 2.24) is 0 Å². The second kappa shape index (κ2) is 6.12. The van der Waals surface area contributed by atoms with E-state index in [0.717, 1.165) is 6.08 Å². The number of hydrogen-bond acceptors (Lipinski definition) is 3. The van der Waals surface area contributed by atoms with Crippen LogP contribution < -0.4 is 10.1 Å². The lowest BCUT2D eigenvalue weighted by Gasteiger charge is -2.10. The van der Waals surface area contributed by atoms with Crippen molar-refractivity contribution in [3.8, 4) is 5.75 Å². The lowest BCUT2D eigenvalue weighted by molar-refractivity contribution is -0.274. The van der Waals surface area contributed by atoms with Gasteiger partial charge in [-0.25, -0.2) is 4.79 Å². The van der Waals surface area contributed by atoms with Crippen molar-refractivity contribution in [2.45, 2.75) is 13.3 Å². The van der Waals surface area contributed by atoms with E-state index in [2.05, 4.69) is 10.1 Å². The zero-order valence-corrected chi connectivity index (χ0v) is 9.99. The van der Waals surface area contributed by atoms with Gasteiger partial charge >= 0.3 is 12.3 Å². The Balaban J connectivity index is 2.56. The van der Waals surface area contributed by atoms with Gasteiger partial charge in [0.25, 0.3) is 0 Å². The van der Waals surface area contributed by atoms with Crippen molar-refractivity contribution in [1.29, 1.82) is 0 Å². The quantitative estimate of drug-likeness (QED) is 0.811. The molecule has 0 aliphatic heterocycles. The molecule has 0 aliphatic carbocycles. The number of ether oxygens (including phenoxy) is 1. The van der Waals surface area contributed by atoms with Crippen LogP contribution in [-0.4, -0.2) is 24.0 Å². The normalized spacial score (nSPS) is 12.1. The Morgan fingerprint density at radius 3 is 2.42 bits per heavy atom. The molecule has 0 unspecified atom stereocenters. The molecular formula is C12H12F3NO3. The van der Waals surface area contributed by atoms with Gasteiger partial charge in [0.1, 0.15) is 5.75 Å². The molecule has 0 radical (unpaired) electrons. The third-order valence-electron chi connectivity index (χ3n) is 2.03. The van der Waals surface area contributed by atoms with E-state index in [4.69, 9.17) is 5.11 Å². The molecule has 0 saturated heterocycles. The number of nitrogens with one attached hydrogen (secondary N) is 1. The van der Waals surface area contributed by atoms with Crippen LogP contribution in [0.4, 0.5) is 18.9 Å². The van der Waals surface area contributed by atoms with Gasteiger partial charge in [-0.1, -0.05) is 0 Å². The van der Waals surface area contributed by atoms with E-state index in [1.54, 1.807) is 6.92 Å². The molecule has 0 fully saturated rings. The molecule has 1 aromatic carbocycles. The monoisotopic (exact) mass is 275 g/mol. The summed E-state index contributed by atoms with van der Waals surface area (Å²) in [6.07, 6.45) is -3.66. The van der Waals surface area contributed by atoms with Gasteiger partial charge in [0.05, 0.1) is 0 Å². The molecule has 0 aliphatic rings. The lowest BCUT2D eigenvalue weighted by Crippen LogP contribution is -2.17. The van der Waals surface area contributed by atoms with Gasteiger partial charge < -0.3 is 15.2 Å². The average molecular weight is 275 g/mol. The third-order valence-corrected chi connectivity index (χ3v) is 2.03. The van der Waals surface area contributed by atoms with E-state index in [9.17, 15) is 18.0 Å². The fourth-order valence-electron chi connectivity index (χ4n) is 1.28. The van der Waals surface area contributed by atoms with Crippen molar-refractivity contribution in [3.05, 3.63) is 35.9 Å². The van der Waals surface area contributed by atoms with Crippen molar-refractivity contribution in [2.75, 3.05) is 11.9 Å². The third kappa shape index (κ3) is 6.35. The molecule has 0 atom stereocenters. The number of halogens is 3. The van der Waals surface area contributed by atoms with E-state index in [-0.39, 0.29) is 12.3 Å². The van der Waals surface area contributed by atoms with Gasteiger partial charge in [0.15, 0.2) is 0 Å². The lowest BCUT2D eigenvalue weighted by atomic mass is 10.2. The van der Waals surface area contributed by atoms with Crippen LogP contribution in [0.25, 0.3) is 0 Å². The van der Waals surface area contributed by atoms with E-state index in [0.29, 0.717) is 11.3 Å². The van der Waals surface area contributed by atoms with E-state index < -0.39 is 12.3 Å². The first-order valence-corrected chi connectivity index (χ1v) is 5.26. The number of carboxylic acids is 1. The van der Waals surface area contributed by atoms with Crippen LogP contribution in [0.3, 0.4) is 0 Å². The number of benzene rings is 1. The summed E-state index contributed by atoms with van der Waals surface area (Å²) in [5.41, 5.74) is 1.15. The predicted octanol–water partition coefficient (Wildman–Crippen LogP) is 3.03. The Hall–Kier alpha value is -2.18. The highest BCUT2D eigenvalue weighted by atomic mass is 19.4. The van der Waals surface area contributed by atoms with Gasteiger partial charge in [0, 0.05) is 18.3 Å². The zero-order valence-electron chi connectivity index (χ0n) is 9.99. The number of hydrogen-bond donors (Lipinski definition) is 2. The molecule has 0 spiro atoms. The average Bonchev–Trinajstić information content (AvgIpc) is 2.25. The Morgan fingerprint density at radius 1 is 1.37 bits per heavy atom. The van der Waals surface area contributed by atoms with Gasteiger partial charge in [-0.3, -0.25) is 0 Å².